The molecule has 0 aromatic heterocycles. The second kappa shape index (κ2) is 7.89. The van der Waals surface area contributed by atoms with Gasteiger partial charge in [0.2, 0.25) is 17.7 Å². The Hall–Kier alpha value is -2.37. The summed E-state index contributed by atoms with van der Waals surface area (Å²) in [7, 11) is 0. The fourth-order valence-corrected chi connectivity index (χ4v) is 4.00. The molecule has 0 aliphatic carbocycles. The Morgan fingerprint density at radius 3 is 2.58 bits per heavy atom. The van der Waals surface area contributed by atoms with Gasteiger partial charge >= 0.3 is 0 Å². The molecule has 0 radical (unpaired) electrons. The topological polar surface area (TPSA) is 69.7 Å². The van der Waals surface area contributed by atoms with Gasteiger partial charge in [0.1, 0.15) is 0 Å². The number of nitrogens with one attached hydrogen (secondary N) is 1. The average molecular weight is 357 g/mol. The molecule has 2 atom stereocenters. The molecule has 0 saturated carbocycles. The van der Waals surface area contributed by atoms with Crippen molar-refractivity contribution in [1.82, 2.24) is 4.90 Å². The van der Waals surface area contributed by atoms with E-state index in [0.29, 0.717) is 18.3 Å². The molecule has 2 heterocycles. The van der Waals surface area contributed by atoms with E-state index in [1.165, 1.54) is 13.3 Å². The summed E-state index contributed by atoms with van der Waals surface area (Å²) in [6.07, 6.45) is 4.55. The predicted molar refractivity (Wildman–Crippen MR) is 101 cm³/mol. The second-order valence-electron chi connectivity index (χ2n) is 7.22. The SMILES string of the molecule is CCC1CCCCN1C(=O)C1CC(=O)N(c2ccc(NC(C)=O)cc2)C1. The number of rotatable bonds is 4. The number of nitrogens with zero attached hydrogens (tertiary/aromatic N) is 2. The molecular formula is C20H27N3O3. The maximum Gasteiger partial charge on any atom is 0.228 e. The molecule has 0 bridgehead atoms. The quantitative estimate of drug-likeness (QED) is 0.901. The summed E-state index contributed by atoms with van der Waals surface area (Å²) in [5.74, 6) is -0.278. The highest BCUT2D eigenvalue weighted by Gasteiger charge is 2.39. The first-order chi connectivity index (χ1) is 12.5. The first kappa shape index (κ1) is 18.4. The number of hydrogen-bond acceptors (Lipinski definition) is 3. The number of amides is 3. The van der Waals surface area contributed by atoms with Crippen molar-refractivity contribution in [3.8, 4) is 0 Å². The number of anilines is 2. The highest BCUT2D eigenvalue weighted by Crippen LogP contribution is 2.29. The molecule has 0 spiro atoms. The lowest BCUT2D eigenvalue weighted by molar-refractivity contribution is -0.139. The van der Waals surface area contributed by atoms with Crippen LogP contribution in [0, 0.1) is 5.92 Å². The van der Waals surface area contributed by atoms with Gasteiger partial charge in [0.05, 0.1) is 5.92 Å². The van der Waals surface area contributed by atoms with Crippen molar-refractivity contribution in [3.63, 3.8) is 0 Å². The minimum absolute atomic E-state index is 0.0133. The Bertz CT molecular complexity index is 686. The molecule has 140 valence electrons. The summed E-state index contributed by atoms with van der Waals surface area (Å²) in [6, 6.07) is 7.49. The lowest BCUT2D eigenvalue weighted by Crippen LogP contribution is -2.46. The van der Waals surface area contributed by atoms with Gasteiger partial charge in [0.15, 0.2) is 0 Å². The van der Waals surface area contributed by atoms with Crippen molar-refractivity contribution in [3.05, 3.63) is 24.3 Å². The number of hydrogen-bond donors (Lipinski definition) is 1. The zero-order chi connectivity index (χ0) is 18.7. The number of carbonyl (C=O) groups is 3. The van der Waals surface area contributed by atoms with E-state index in [2.05, 4.69) is 12.2 Å². The van der Waals surface area contributed by atoms with Crippen LogP contribution in [0.1, 0.15) is 46.0 Å². The zero-order valence-corrected chi connectivity index (χ0v) is 15.5. The van der Waals surface area contributed by atoms with Crippen molar-refractivity contribution in [1.29, 1.82) is 0 Å². The van der Waals surface area contributed by atoms with Crippen LogP contribution in [0.2, 0.25) is 0 Å². The minimum atomic E-state index is -0.260. The van der Waals surface area contributed by atoms with Crippen LogP contribution in [0.5, 0.6) is 0 Å². The van der Waals surface area contributed by atoms with Crippen molar-refractivity contribution >= 4 is 29.1 Å². The predicted octanol–water partition coefficient (Wildman–Crippen LogP) is 2.79. The van der Waals surface area contributed by atoms with Crippen molar-refractivity contribution < 1.29 is 14.4 Å². The highest BCUT2D eigenvalue weighted by atomic mass is 16.2. The molecule has 1 aromatic rings. The van der Waals surface area contributed by atoms with Gasteiger partial charge < -0.3 is 15.1 Å². The van der Waals surface area contributed by atoms with E-state index in [1.54, 1.807) is 17.0 Å². The van der Waals surface area contributed by atoms with E-state index in [0.717, 1.165) is 31.5 Å². The summed E-state index contributed by atoms with van der Waals surface area (Å²) in [4.78, 5) is 40.2. The number of likely N-dealkylation sites (tertiary alicyclic amines) is 1. The normalized spacial score (nSPS) is 23.2. The third kappa shape index (κ3) is 3.89. The molecule has 6 nitrogen and oxygen atoms in total. The molecule has 6 heteroatoms. The third-order valence-electron chi connectivity index (χ3n) is 5.36. The van der Waals surface area contributed by atoms with Crippen LogP contribution < -0.4 is 10.2 Å². The average Bonchev–Trinajstić information content (AvgIpc) is 3.03. The molecule has 3 rings (SSSR count). The molecule has 1 aromatic carbocycles. The summed E-state index contributed by atoms with van der Waals surface area (Å²) < 4.78 is 0. The summed E-state index contributed by atoms with van der Waals surface area (Å²) in [5.41, 5.74) is 1.46. The Labute approximate surface area is 154 Å². The first-order valence-electron chi connectivity index (χ1n) is 9.48. The van der Waals surface area contributed by atoms with Gasteiger partial charge in [-0.05, 0) is 49.9 Å². The molecule has 2 aliphatic rings. The number of piperidine rings is 1. The Kier molecular flexibility index (Phi) is 5.59. The van der Waals surface area contributed by atoms with Gasteiger partial charge in [0.25, 0.3) is 0 Å². The lowest BCUT2D eigenvalue weighted by Gasteiger charge is -2.36. The monoisotopic (exact) mass is 357 g/mol. The summed E-state index contributed by atoms with van der Waals surface area (Å²) in [6.45, 7) is 4.83. The van der Waals surface area contributed by atoms with Crippen LogP contribution in [0.15, 0.2) is 24.3 Å². The minimum Gasteiger partial charge on any atom is -0.339 e. The van der Waals surface area contributed by atoms with Crippen LogP contribution in [0.25, 0.3) is 0 Å². The fraction of sp³-hybridized carbons (Fsp3) is 0.550. The first-order valence-corrected chi connectivity index (χ1v) is 9.48. The number of carbonyl (C=O) groups excluding carboxylic acids is 3. The van der Waals surface area contributed by atoms with Gasteiger partial charge in [-0.3, -0.25) is 14.4 Å². The van der Waals surface area contributed by atoms with Gasteiger partial charge in [-0.25, -0.2) is 0 Å². The highest BCUT2D eigenvalue weighted by molar-refractivity contribution is 6.00. The van der Waals surface area contributed by atoms with Crippen molar-refractivity contribution in [2.45, 2.75) is 52.0 Å². The van der Waals surface area contributed by atoms with E-state index >= 15 is 0 Å². The summed E-state index contributed by atoms with van der Waals surface area (Å²) >= 11 is 0. The molecule has 2 unspecified atom stereocenters. The standard InChI is InChI=1S/C20H27N3O3/c1-3-17-6-4-5-11-22(17)20(26)15-12-19(25)23(13-15)18-9-7-16(8-10-18)21-14(2)24/h7-10,15,17H,3-6,11-13H2,1-2H3,(H,21,24). The Balaban J connectivity index is 1.68. The Morgan fingerprint density at radius 1 is 1.19 bits per heavy atom. The molecule has 1 N–H and O–H groups in total. The van der Waals surface area contributed by atoms with Crippen molar-refractivity contribution in [2.75, 3.05) is 23.3 Å². The van der Waals surface area contributed by atoms with Gasteiger partial charge in [-0.15, -0.1) is 0 Å². The van der Waals surface area contributed by atoms with Crippen molar-refractivity contribution in [2.24, 2.45) is 5.92 Å². The fourth-order valence-electron chi connectivity index (χ4n) is 4.00. The maximum absolute atomic E-state index is 13.0. The molecule has 26 heavy (non-hydrogen) atoms. The molecular weight excluding hydrogens is 330 g/mol. The van der Waals surface area contributed by atoms with Gasteiger partial charge in [-0.1, -0.05) is 6.92 Å². The van der Waals surface area contributed by atoms with Crippen LogP contribution >= 0.6 is 0 Å². The molecule has 3 amide bonds. The largest absolute Gasteiger partial charge is 0.339 e. The van der Waals surface area contributed by atoms with Crippen LogP contribution in [0.4, 0.5) is 11.4 Å². The van der Waals surface area contributed by atoms with Crippen LogP contribution in [0.3, 0.4) is 0 Å². The third-order valence-corrected chi connectivity index (χ3v) is 5.36. The van der Waals surface area contributed by atoms with E-state index in [1.807, 2.05) is 17.0 Å². The van der Waals surface area contributed by atoms with E-state index in [4.69, 9.17) is 0 Å². The Morgan fingerprint density at radius 2 is 1.92 bits per heavy atom. The van der Waals surface area contributed by atoms with Gasteiger partial charge in [0, 0.05) is 43.9 Å². The lowest BCUT2D eigenvalue weighted by atomic mass is 9.97. The summed E-state index contributed by atoms with van der Waals surface area (Å²) in [5, 5.41) is 2.71. The van der Waals surface area contributed by atoms with Crippen LogP contribution in [-0.2, 0) is 14.4 Å². The van der Waals surface area contributed by atoms with Gasteiger partial charge in [-0.2, -0.15) is 0 Å². The molecule has 2 saturated heterocycles. The van der Waals surface area contributed by atoms with E-state index < -0.39 is 0 Å². The van der Waals surface area contributed by atoms with E-state index in [9.17, 15) is 14.4 Å². The zero-order valence-electron chi connectivity index (χ0n) is 15.5. The molecule has 2 fully saturated rings. The second-order valence-corrected chi connectivity index (χ2v) is 7.22. The smallest absolute Gasteiger partial charge is 0.228 e. The molecule has 2 aliphatic heterocycles. The van der Waals surface area contributed by atoms with Crippen LogP contribution in [-0.4, -0.2) is 41.8 Å². The number of benzene rings is 1. The van der Waals surface area contributed by atoms with E-state index in [-0.39, 0.29) is 30.1 Å². The maximum atomic E-state index is 13.0.